The zero-order valence-electron chi connectivity index (χ0n) is 10.4. The monoisotopic (exact) mass is 263 g/mol. The molecular formula is C14H15F2N3. The zero-order valence-corrected chi connectivity index (χ0v) is 10.4. The zero-order chi connectivity index (χ0) is 13.4. The summed E-state index contributed by atoms with van der Waals surface area (Å²) in [5.41, 5.74) is 7.63. The Bertz CT molecular complexity index is 587. The van der Waals surface area contributed by atoms with Gasteiger partial charge in [0.05, 0.1) is 0 Å². The van der Waals surface area contributed by atoms with E-state index < -0.39 is 6.43 Å². The predicted molar refractivity (Wildman–Crippen MR) is 70.0 cm³/mol. The Hall–Kier alpha value is -1.91. The van der Waals surface area contributed by atoms with Crippen LogP contribution in [0.2, 0.25) is 0 Å². The Kier molecular flexibility index (Phi) is 2.97. The number of nitrogens with two attached hydrogens (primary N) is 1. The molecule has 1 aromatic carbocycles. The molecule has 2 heterocycles. The molecule has 1 aliphatic heterocycles. The maximum Gasteiger partial charge on any atom is 0.263 e. The SMILES string of the molecule is Nc1c(-c2ccc(C(F)F)cc2)nc2n1CCCC2. The molecule has 3 nitrogen and oxygen atoms in total. The molecule has 0 saturated heterocycles. The van der Waals surface area contributed by atoms with Crippen LogP contribution in [-0.2, 0) is 13.0 Å². The number of fused-ring (bicyclic) bond motifs is 1. The van der Waals surface area contributed by atoms with E-state index in [4.69, 9.17) is 5.73 Å². The number of rotatable bonds is 2. The second-order valence-electron chi connectivity index (χ2n) is 4.79. The number of nitrogen functional groups attached to an aromatic ring is 1. The fraction of sp³-hybridized carbons (Fsp3) is 0.357. The number of alkyl halides is 2. The summed E-state index contributed by atoms with van der Waals surface area (Å²) in [6.45, 7) is 0.892. The fourth-order valence-corrected chi connectivity index (χ4v) is 2.51. The highest BCUT2D eigenvalue weighted by Gasteiger charge is 2.18. The number of halogens is 2. The van der Waals surface area contributed by atoms with Crippen molar-refractivity contribution in [1.29, 1.82) is 0 Å². The molecule has 19 heavy (non-hydrogen) atoms. The van der Waals surface area contributed by atoms with Gasteiger partial charge in [0.1, 0.15) is 17.3 Å². The van der Waals surface area contributed by atoms with Gasteiger partial charge in [-0.15, -0.1) is 0 Å². The average molecular weight is 263 g/mol. The number of anilines is 1. The largest absolute Gasteiger partial charge is 0.383 e. The first-order chi connectivity index (χ1) is 9.16. The molecule has 3 rings (SSSR count). The topological polar surface area (TPSA) is 43.8 Å². The number of hydrogen-bond acceptors (Lipinski definition) is 2. The van der Waals surface area contributed by atoms with Crippen LogP contribution in [0.15, 0.2) is 24.3 Å². The van der Waals surface area contributed by atoms with Crippen molar-refractivity contribution in [2.24, 2.45) is 0 Å². The van der Waals surface area contributed by atoms with Crippen molar-refractivity contribution in [2.45, 2.75) is 32.2 Å². The van der Waals surface area contributed by atoms with Gasteiger partial charge in [0, 0.05) is 24.1 Å². The van der Waals surface area contributed by atoms with E-state index in [1.807, 2.05) is 4.57 Å². The molecule has 0 amide bonds. The first-order valence-electron chi connectivity index (χ1n) is 6.40. The van der Waals surface area contributed by atoms with Crippen LogP contribution >= 0.6 is 0 Å². The standard InChI is InChI=1S/C14H15F2N3/c15-13(16)10-6-4-9(5-7-10)12-14(17)19-8-2-1-3-11(19)18-12/h4-7,13H,1-3,8,17H2. The van der Waals surface area contributed by atoms with E-state index in [1.165, 1.54) is 12.1 Å². The van der Waals surface area contributed by atoms with Gasteiger partial charge in [-0.1, -0.05) is 24.3 Å². The lowest BCUT2D eigenvalue weighted by Crippen LogP contribution is -2.12. The van der Waals surface area contributed by atoms with E-state index in [-0.39, 0.29) is 5.56 Å². The average Bonchev–Trinajstić information content (AvgIpc) is 2.77. The van der Waals surface area contributed by atoms with Crippen molar-refractivity contribution in [1.82, 2.24) is 9.55 Å². The highest BCUT2D eigenvalue weighted by atomic mass is 19.3. The number of aromatic nitrogens is 2. The summed E-state index contributed by atoms with van der Waals surface area (Å²) < 4.78 is 27.1. The van der Waals surface area contributed by atoms with Gasteiger partial charge in [0.25, 0.3) is 6.43 Å². The number of benzene rings is 1. The Morgan fingerprint density at radius 2 is 1.89 bits per heavy atom. The molecule has 0 aliphatic carbocycles. The first kappa shape index (κ1) is 12.1. The third-order valence-electron chi connectivity index (χ3n) is 3.55. The summed E-state index contributed by atoms with van der Waals surface area (Å²) in [7, 11) is 0. The van der Waals surface area contributed by atoms with Crippen molar-refractivity contribution in [3.63, 3.8) is 0 Å². The number of imidazole rings is 1. The van der Waals surface area contributed by atoms with Crippen molar-refractivity contribution >= 4 is 5.82 Å². The van der Waals surface area contributed by atoms with Crippen LogP contribution in [0.1, 0.15) is 30.7 Å². The first-order valence-corrected chi connectivity index (χ1v) is 6.40. The molecule has 100 valence electrons. The summed E-state index contributed by atoms with van der Waals surface area (Å²) in [6.07, 6.45) is 0.721. The molecule has 5 heteroatoms. The lowest BCUT2D eigenvalue weighted by Gasteiger charge is -2.14. The second kappa shape index (κ2) is 4.64. The van der Waals surface area contributed by atoms with Gasteiger partial charge in [-0.2, -0.15) is 0 Å². The molecule has 0 unspecified atom stereocenters. The number of aryl methyl sites for hydroxylation is 1. The van der Waals surface area contributed by atoms with Gasteiger partial charge in [-0.05, 0) is 12.8 Å². The quantitative estimate of drug-likeness (QED) is 0.902. The van der Waals surface area contributed by atoms with E-state index in [0.29, 0.717) is 11.5 Å². The molecule has 0 spiro atoms. The van der Waals surface area contributed by atoms with Crippen LogP contribution in [0.5, 0.6) is 0 Å². The molecule has 0 atom stereocenters. The Balaban J connectivity index is 2.00. The van der Waals surface area contributed by atoms with E-state index in [1.54, 1.807) is 12.1 Å². The van der Waals surface area contributed by atoms with E-state index >= 15 is 0 Å². The second-order valence-corrected chi connectivity index (χ2v) is 4.79. The van der Waals surface area contributed by atoms with Crippen molar-refractivity contribution in [2.75, 3.05) is 5.73 Å². The van der Waals surface area contributed by atoms with Gasteiger partial charge >= 0.3 is 0 Å². The Morgan fingerprint density at radius 1 is 1.16 bits per heavy atom. The predicted octanol–water partition coefficient (Wildman–Crippen LogP) is 3.41. The maximum atomic E-state index is 12.5. The van der Waals surface area contributed by atoms with Gasteiger partial charge < -0.3 is 10.3 Å². The van der Waals surface area contributed by atoms with Crippen LogP contribution in [0, 0.1) is 0 Å². The molecular weight excluding hydrogens is 248 g/mol. The van der Waals surface area contributed by atoms with Crippen LogP contribution in [0.25, 0.3) is 11.3 Å². The highest BCUT2D eigenvalue weighted by molar-refractivity contribution is 5.71. The molecule has 1 aromatic heterocycles. The normalized spacial score (nSPS) is 14.7. The smallest absolute Gasteiger partial charge is 0.263 e. The summed E-state index contributed by atoms with van der Waals surface area (Å²) >= 11 is 0. The maximum absolute atomic E-state index is 12.5. The lowest BCUT2D eigenvalue weighted by molar-refractivity contribution is 0.151. The molecule has 0 fully saturated rings. The molecule has 0 radical (unpaired) electrons. The minimum Gasteiger partial charge on any atom is -0.383 e. The van der Waals surface area contributed by atoms with Crippen molar-refractivity contribution in [3.8, 4) is 11.3 Å². The van der Waals surface area contributed by atoms with Gasteiger partial charge in [0.2, 0.25) is 0 Å². The molecule has 2 aromatic rings. The van der Waals surface area contributed by atoms with E-state index in [0.717, 1.165) is 37.2 Å². The minimum absolute atomic E-state index is 0.0197. The summed E-state index contributed by atoms with van der Waals surface area (Å²) in [5, 5.41) is 0. The van der Waals surface area contributed by atoms with Gasteiger partial charge in [-0.25, -0.2) is 13.8 Å². The van der Waals surface area contributed by atoms with Crippen LogP contribution < -0.4 is 5.73 Å². The number of nitrogens with zero attached hydrogens (tertiary/aromatic N) is 2. The van der Waals surface area contributed by atoms with Crippen molar-refractivity contribution in [3.05, 3.63) is 35.7 Å². The molecule has 0 saturated carbocycles. The summed E-state index contributed by atoms with van der Waals surface area (Å²) in [5.74, 6) is 1.64. The van der Waals surface area contributed by atoms with Gasteiger partial charge in [-0.3, -0.25) is 0 Å². The van der Waals surface area contributed by atoms with Gasteiger partial charge in [0.15, 0.2) is 0 Å². The van der Waals surface area contributed by atoms with Crippen LogP contribution in [0.4, 0.5) is 14.6 Å². The van der Waals surface area contributed by atoms with Crippen molar-refractivity contribution < 1.29 is 8.78 Å². The molecule has 2 N–H and O–H groups in total. The van der Waals surface area contributed by atoms with Crippen LogP contribution in [0.3, 0.4) is 0 Å². The molecule has 0 bridgehead atoms. The fourth-order valence-electron chi connectivity index (χ4n) is 2.51. The summed E-state index contributed by atoms with van der Waals surface area (Å²) in [6, 6.07) is 6.17. The Labute approximate surface area is 110 Å². The van der Waals surface area contributed by atoms with E-state index in [9.17, 15) is 8.78 Å². The van der Waals surface area contributed by atoms with E-state index in [2.05, 4.69) is 4.98 Å². The lowest BCUT2D eigenvalue weighted by atomic mass is 10.1. The highest BCUT2D eigenvalue weighted by Crippen LogP contribution is 2.30. The molecule has 1 aliphatic rings. The summed E-state index contributed by atoms with van der Waals surface area (Å²) in [4.78, 5) is 4.55. The third kappa shape index (κ3) is 2.09. The number of hydrogen-bond donors (Lipinski definition) is 1. The third-order valence-corrected chi connectivity index (χ3v) is 3.55. The van der Waals surface area contributed by atoms with Crippen LogP contribution in [-0.4, -0.2) is 9.55 Å². The minimum atomic E-state index is -2.44. The Morgan fingerprint density at radius 3 is 2.53 bits per heavy atom.